The largest absolute Gasteiger partial charge is 0.507 e. The molecule has 1 N–H and O–H groups in total. The second-order valence-corrected chi connectivity index (χ2v) is 7.23. The molecule has 4 nitrogen and oxygen atoms in total. The van der Waals surface area contributed by atoms with Crippen molar-refractivity contribution in [2.75, 3.05) is 7.11 Å². The first-order valence-corrected chi connectivity index (χ1v) is 9.75. The lowest BCUT2D eigenvalue weighted by molar-refractivity contribution is -0.137. The standard InChI is InChI=1S/C23H23F3O4/c1-29-22(28)21-16(10-7-15-8-11-17(12-9-15)23(24,25)26)13-19(14-20(21)27)30-18-5-3-2-4-6-18/h7-14,18,27H,2-6H2,1H3. The smallest absolute Gasteiger partial charge is 0.416 e. The Morgan fingerprint density at radius 1 is 1.07 bits per heavy atom. The fourth-order valence-electron chi connectivity index (χ4n) is 3.49. The molecule has 0 atom stereocenters. The summed E-state index contributed by atoms with van der Waals surface area (Å²) < 4.78 is 48.9. The van der Waals surface area contributed by atoms with Gasteiger partial charge in [0.05, 0.1) is 18.8 Å². The minimum Gasteiger partial charge on any atom is -0.507 e. The van der Waals surface area contributed by atoms with E-state index in [4.69, 9.17) is 9.47 Å². The first kappa shape index (κ1) is 21.7. The molecular weight excluding hydrogens is 397 g/mol. The Kier molecular flexibility index (Phi) is 6.70. The Morgan fingerprint density at radius 2 is 1.73 bits per heavy atom. The minimum atomic E-state index is -4.41. The third-order valence-electron chi connectivity index (χ3n) is 5.06. The lowest BCUT2D eigenvalue weighted by atomic mass is 9.97. The topological polar surface area (TPSA) is 55.8 Å². The fraction of sp³-hybridized carbons (Fsp3) is 0.348. The van der Waals surface area contributed by atoms with Gasteiger partial charge in [0, 0.05) is 6.07 Å². The normalized spacial score (nSPS) is 15.3. The highest BCUT2D eigenvalue weighted by molar-refractivity contribution is 5.98. The van der Waals surface area contributed by atoms with E-state index in [1.165, 1.54) is 31.7 Å². The van der Waals surface area contributed by atoms with Crippen molar-refractivity contribution in [3.63, 3.8) is 0 Å². The lowest BCUT2D eigenvalue weighted by Gasteiger charge is -2.23. The van der Waals surface area contributed by atoms with Crippen LogP contribution < -0.4 is 4.74 Å². The summed E-state index contributed by atoms with van der Waals surface area (Å²) in [7, 11) is 1.21. The van der Waals surface area contributed by atoms with E-state index in [0.29, 0.717) is 16.9 Å². The molecule has 0 saturated heterocycles. The average molecular weight is 420 g/mol. The molecule has 30 heavy (non-hydrogen) atoms. The zero-order chi connectivity index (χ0) is 21.7. The van der Waals surface area contributed by atoms with Crippen LogP contribution in [0.1, 0.15) is 59.2 Å². The third kappa shape index (κ3) is 5.34. The number of esters is 1. The number of carbonyl (C=O) groups is 1. The van der Waals surface area contributed by atoms with Crippen LogP contribution in [0.5, 0.6) is 11.5 Å². The van der Waals surface area contributed by atoms with E-state index in [9.17, 15) is 23.1 Å². The minimum absolute atomic E-state index is 0.0309. The number of hydrogen-bond donors (Lipinski definition) is 1. The molecule has 160 valence electrons. The summed E-state index contributed by atoms with van der Waals surface area (Å²) in [4.78, 5) is 12.1. The first-order valence-electron chi connectivity index (χ1n) is 9.75. The summed E-state index contributed by atoms with van der Waals surface area (Å²) in [5, 5.41) is 10.4. The molecule has 1 saturated carbocycles. The third-order valence-corrected chi connectivity index (χ3v) is 5.06. The van der Waals surface area contributed by atoms with Crippen LogP contribution in [0.4, 0.5) is 13.2 Å². The predicted molar refractivity (Wildman–Crippen MR) is 107 cm³/mol. The van der Waals surface area contributed by atoms with Crippen molar-refractivity contribution < 1.29 is 32.5 Å². The zero-order valence-corrected chi connectivity index (χ0v) is 16.5. The van der Waals surface area contributed by atoms with Crippen LogP contribution in [0.2, 0.25) is 0 Å². The molecule has 1 aliphatic rings. The highest BCUT2D eigenvalue weighted by Crippen LogP contribution is 2.33. The SMILES string of the molecule is COC(=O)c1c(O)cc(OC2CCCCC2)cc1C=Cc1ccc(C(F)(F)F)cc1. The number of halogens is 3. The van der Waals surface area contributed by atoms with Gasteiger partial charge in [0.1, 0.15) is 17.1 Å². The van der Waals surface area contributed by atoms with Crippen molar-refractivity contribution in [2.24, 2.45) is 0 Å². The van der Waals surface area contributed by atoms with Crippen LogP contribution >= 0.6 is 0 Å². The maximum Gasteiger partial charge on any atom is 0.416 e. The van der Waals surface area contributed by atoms with E-state index < -0.39 is 17.7 Å². The van der Waals surface area contributed by atoms with Gasteiger partial charge >= 0.3 is 12.1 Å². The van der Waals surface area contributed by atoms with Crippen molar-refractivity contribution in [3.8, 4) is 11.5 Å². The Hall–Kier alpha value is -2.96. The number of carbonyl (C=O) groups excluding carboxylic acids is 1. The molecule has 0 spiro atoms. The van der Waals surface area contributed by atoms with Gasteiger partial charge in [0.15, 0.2) is 0 Å². The molecule has 3 rings (SSSR count). The van der Waals surface area contributed by atoms with Crippen molar-refractivity contribution >= 4 is 18.1 Å². The van der Waals surface area contributed by atoms with E-state index >= 15 is 0 Å². The van der Waals surface area contributed by atoms with Gasteiger partial charge in [-0.1, -0.05) is 30.7 Å². The van der Waals surface area contributed by atoms with E-state index in [2.05, 4.69) is 0 Å². The number of methoxy groups -OCH3 is 1. The summed E-state index contributed by atoms with van der Waals surface area (Å²) in [5.41, 5.74) is 0.0940. The molecule has 0 heterocycles. The van der Waals surface area contributed by atoms with E-state index in [1.54, 1.807) is 18.2 Å². The molecule has 7 heteroatoms. The van der Waals surface area contributed by atoms with Crippen molar-refractivity contribution in [2.45, 2.75) is 44.4 Å². The molecule has 1 fully saturated rings. The van der Waals surface area contributed by atoms with Gasteiger partial charge in [0.2, 0.25) is 0 Å². The first-order chi connectivity index (χ1) is 14.3. The van der Waals surface area contributed by atoms with E-state index in [1.807, 2.05) is 0 Å². The number of rotatable bonds is 5. The number of hydrogen-bond acceptors (Lipinski definition) is 4. The maximum absolute atomic E-state index is 12.7. The van der Waals surface area contributed by atoms with Gasteiger partial charge < -0.3 is 14.6 Å². The predicted octanol–water partition coefficient (Wildman–Crippen LogP) is 6.08. The van der Waals surface area contributed by atoms with Crippen LogP contribution in [0, 0.1) is 0 Å². The number of ether oxygens (including phenoxy) is 2. The Morgan fingerprint density at radius 3 is 2.33 bits per heavy atom. The van der Waals surface area contributed by atoms with Crippen LogP contribution in [0.15, 0.2) is 36.4 Å². The monoisotopic (exact) mass is 420 g/mol. The zero-order valence-electron chi connectivity index (χ0n) is 16.5. The van der Waals surface area contributed by atoms with Crippen LogP contribution in [-0.2, 0) is 10.9 Å². The summed E-state index contributed by atoms with van der Waals surface area (Å²) in [6.07, 6.45) is 3.94. The second kappa shape index (κ2) is 9.24. The van der Waals surface area contributed by atoms with Gasteiger partial charge in [-0.2, -0.15) is 13.2 Å². The number of alkyl halides is 3. The van der Waals surface area contributed by atoms with Crippen molar-refractivity contribution in [1.29, 1.82) is 0 Å². The molecule has 2 aromatic carbocycles. The number of aromatic hydroxyl groups is 1. The van der Waals surface area contributed by atoms with Gasteiger partial charge in [0.25, 0.3) is 0 Å². The Balaban J connectivity index is 1.89. The molecule has 0 radical (unpaired) electrons. The summed E-state index contributed by atoms with van der Waals surface area (Å²) >= 11 is 0. The fourth-order valence-corrected chi connectivity index (χ4v) is 3.49. The summed E-state index contributed by atoms with van der Waals surface area (Å²) in [6, 6.07) is 7.65. The lowest BCUT2D eigenvalue weighted by Crippen LogP contribution is -2.19. The van der Waals surface area contributed by atoms with E-state index in [-0.39, 0.29) is 17.4 Å². The van der Waals surface area contributed by atoms with Gasteiger partial charge in [-0.3, -0.25) is 0 Å². The second-order valence-electron chi connectivity index (χ2n) is 7.23. The molecule has 0 bridgehead atoms. The highest BCUT2D eigenvalue weighted by atomic mass is 19.4. The van der Waals surface area contributed by atoms with Gasteiger partial charge in [-0.15, -0.1) is 0 Å². The highest BCUT2D eigenvalue weighted by Gasteiger charge is 2.29. The number of benzene rings is 2. The quantitative estimate of drug-likeness (QED) is 0.471. The summed E-state index contributed by atoms with van der Waals surface area (Å²) in [6.45, 7) is 0. The molecular formula is C23H23F3O4. The number of phenols is 1. The maximum atomic E-state index is 12.7. The molecule has 0 aliphatic heterocycles. The van der Waals surface area contributed by atoms with Crippen molar-refractivity contribution in [1.82, 2.24) is 0 Å². The molecule has 0 aromatic heterocycles. The number of phenolic OH excluding ortho intramolecular Hbond substituents is 1. The van der Waals surface area contributed by atoms with Gasteiger partial charge in [-0.25, -0.2) is 4.79 Å². The van der Waals surface area contributed by atoms with Crippen molar-refractivity contribution in [3.05, 3.63) is 58.7 Å². The molecule has 1 aliphatic carbocycles. The molecule has 0 amide bonds. The van der Waals surface area contributed by atoms with Crippen LogP contribution in [-0.4, -0.2) is 24.3 Å². The molecule has 0 unspecified atom stereocenters. The van der Waals surface area contributed by atoms with Gasteiger partial charge in [-0.05, 0) is 55.0 Å². The van der Waals surface area contributed by atoms with Crippen LogP contribution in [0.25, 0.3) is 12.2 Å². The van der Waals surface area contributed by atoms with E-state index in [0.717, 1.165) is 37.8 Å². The van der Waals surface area contributed by atoms with Crippen LogP contribution in [0.3, 0.4) is 0 Å². The average Bonchev–Trinajstić information content (AvgIpc) is 2.72. The Labute approximate surface area is 172 Å². The summed E-state index contributed by atoms with van der Waals surface area (Å²) in [5.74, 6) is -0.565. The molecule has 2 aromatic rings. The Bertz CT molecular complexity index is 911.